The summed E-state index contributed by atoms with van der Waals surface area (Å²) >= 11 is 0. The average Bonchev–Trinajstić information content (AvgIpc) is 2.39. The molecule has 1 aliphatic carbocycles. The molecule has 1 aromatic heterocycles. The fraction of sp³-hybridized carbons (Fsp3) is 0.615. The lowest BCUT2D eigenvalue weighted by Gasteiger charge is -2.26. The molecule has 1 heterocycles. The zero-order valence-corrected chi connectivity index (χ0v) is 9.72. The van der Waals surface area contributed by atoms with Gasteiger partial charge in [-0.2, -0.15) is 0 Å². The van der Waals surface area contributed by atoms with E-state index in [1.165, 1.54) is 32.1 Å². The van der Waals surface area contributed by atoms with Gasteiger partial charge in [-0.3, -0.25) is 4.79 Å². The third kappa shape index (κ3) is 2.46. The van der Waals surface area contributed by atoms with E-state index in [1.54, 1.807) is 12.4 Å². The highest BCUT2D eigenvalue weighted by Crippen LogP contribution is 2.35. The van der Waals surface area contributed by atoms with E-state index in [-0.39, 0.29) is 0 Å². The summed E-state index contributed by atoms with van der Waals surface area (Å²) in [6, 6.07) is 0. The highest BCUT2D eigenvalue weighted by Gasteiger charge is 2.22. The number of hydrogen-bond donors (Lipinski definition) is 0. The van der Waals surface area contributed by atoms with Crippen molar-refractivity contribution in [1.82, 2.24) is 9.97 Å². The van der Waals surface area contributed by atoms with Gasteiger partial charge in [-0.05, 0) is 31.6 Å². The van der Waals surface area contributed by atoms with Crippen LogP contribution in [0, 0.1) is 5.92 Å². The molecule has 0 spiro atoms. The van der Waals surface area contributed by atoms with Crippen LogP contribution in [0.1, 0.15) is 61.1 Å². The predicted molar refractivity (Wildman–Crippen MR) is 62.4 cm³/mol. The first-order valence-corrected chi connectivity index (χ1v) is 6.10. The zero-order valence-electron chi connectivity index (χ0n) is 9.72. The summed E-state index contributed by atoms with van der Waals surface area (Å²) in [7, 11) is 0. The van der Waals surface area contributed by atoms with Crippen molar-refractivity contribution in [2.75, 3.05) is 0 Å². The molecule has 0 N–H and O–H groups in total. The van der Waals surface area contributed by atoms with Crippen LogP contribution >= 0.6 is 0 Å². The Labute approximate surface area is 96.3 Å². The summed E-state index contributed by atoms with van der Waals surface area (Å²) in [5.74, 6) is 2.31. The molecule has 16 heavy (non-hydrogen) atoms. The Morgan fingerprint density at radius 3 is 2.38 bits per heavy atom. The molecule has 1 saturated carbocycles. The van der Waals surface area contributed by atoms with Crippen molar-refractivity contribution < 1.29 is 4.79 Å². The molecule has 0 unspecified atom stereocenters. The Hall–Kier alpha value is -1.25. The van der Waals surface area contributed by atoms with Crippen molar-refractivity contribution in [3.63, 3.8) is 0 Å². The Balaban J connectivity index is 1.99. The summed E-state index contributed by atoms with van der Waals surface area (Å²) < 4.78 is 0. The van der Waals surface area contributed by atoms with E-state index in [2.05, 4.69) is 16.9 Å². The van der Waals surface area contributed by atoms with E-state index >= 15 is 0 Å². The summed E-state index contributed by atoms with van der Waals surface area (Å²) in [4.78, 5) is 19.1. The number of carbonyl (C=O) groups is 1. The maximum atomic E-state index is 10.5. The van der Waals surface area contributed by atoms with E-state index in [9.17, 15) is 4.79 Å². The van der Waals surface area contributed by atoms with Crippen LogP contribution in [0.5, 0.6) is 0 Å². The minimum absolute atomic E-state index is 0.503. The molecule has 1 fully saturated rings. The topological polar surface area (TPSA) is 42.9 Å². The van der Waals surface area contributed by atoms with Gasteiger partial charge in [0.25, 0.3) is 0 Å². The van der Waals surface area contributed by atoms with Crippen molar-refractivity contribution in [3.8, 4) is 0 Å². The second-order valence-corrected chi connectivity index (χ2v) is 4.62. The van der Waals surface area contributed by atoms with Crippen LogP contribution in [-0.2, 0) is 0 Å². The number of carbonyl (C=O) groups excluding carboxylic acids is 1. The van der Waals surface area contributed by atoms with Crippen molar-refractivity contribution >= 4 is 6.29 Å². The third-order valence-electron chi connectivity index (χ3n) is 3.62. The monoisotopic (exact) mass is 218 g/mol. The van der Waals surface area contributed by atoms with Crippen LogP contribution in [0.25, 0.3) is 0 Å². The first-order valence-electron chi connectivity index (χ1n) is 6.10. The van der Waals surface area contributed by atoms with Gasteiger partial charge in [-0.25, -0.2) is 9.97 Å². The molecule has 0 atom stereocenters. The first-order chi connectivity index (χ1) is 7.83. The van der Waals surface area contributed by atoms with Gasteiger partial charge in [0.1, 0.15) is 5.82 Å². The largest absolute Gasteiger partial charge is 0.298 e. The fourth-order valence-electron chi connectivity index (χ4n) is 2.45. The van der Waals surface area contributed by atoms with Gasteiger partial charge in [0.2, 0.25) is 0 Å². The van der Waals surface area contributed by atoms with Gasteiger partial charge in [0.15, 0.2) is 6.29 Å². The van der Waals surface area contributed by atoms with Gasteiger partial charge >= 0.3 is 0 Å². The van der Waals surface area contributed by atoms with E-state index < -0.39 is 0 Å². The molecule has 1 aliphatic rings. The van der Waals surface area contributed by atoms with Crippen LogP contribution in [0.2, 0.25) is 0 Å². The number of aromatic nitrogens is 2. The molecule has 0 amide bonds. The smallest absolute Gasteiger partial charge is 0.153 e. The summed E-state index contributed by atoms with van der Waals surface area (Å²) in [6.07, 6.45) is 10.3. The van der Waals surface area contributed by atoms with Gasteiger partial charge in [0.05, 0.1) is 5.56 Å². The Kier molecular flexibility index (Phi) is 3.65. The molecule has 0 radical (unpaired) electrons. The molecule has 3 heteroatoms. The number of hydrogen-bond acceptors (Lipinski definition) is 3. The van der Waals surface area contributed by atoms with E-state index in [0.717, 1.165) is 18.0 Å². The minimum atomic E-state index is 0.503. The van der Waals surface area contributed by atoms with E-state index in [1.807, 2.05) is 0 Å². The van der Waals surface area contributed by atoms with Crippen LogP contribution in [0.3, 0.4) is 0 Å². The zero-order chi connectivity index (χ0) is 11.4. The molecule has 0 bridgehead atoms. The molecule has 1 aromatic rings. The quantitative estimate of drug-likeness (QED) is 0.732. The summed E-state index contributed by atoms with van der Waals surface area (Å²) in [6.45, 7) is 2.26. The van der Waals surface area contributed by atoms with Crippen molar-refractivity contribution in [3.05, 3.63) is 23.8 Å². The number of nitrogens with zero attached hydrogens (tertiary/aromatic N) is 2. The van der Waals surface area contributed by atoms with E-state index in [4.69, 9.17) is 0 Å². The second-order valence-electron chi connectivity index (χ2n) is 4.62. The van der Waals surface area contributed by atoms with Crippen molar-refractivity contribution in [2.45, 2.75) is 44.9 Å². The highest BCUT2D eigenvalue weighted by atomic mass is 16.1. The van der Waals surface area contributed by atoms with Crippen LogP contribution in [-0.4, -0.2) is 16.3 Å². The summed E-state index contributed by atoms with van der Waals surface area (Å²) in [5.41, 5.74) is 0.561. The Morgan fingerprint density at radius 1 is 1.25 bits per heavy atom. The fourth-order valence-corrected chi connectivity index (χ4v) is 2.45. The standard InChI is InChI=1S/C13H18N2O/c1-2-10-3-5-12(6-4-10)13-14-7-11(9-16)8-15-13/h7-10,12H,2-6H2,1H3. The molecule has 0 aromatic carbocycles. The first kappa shape index (κ1) is 11.2. The highest BCUT2D eigenvalue weighted by molar-refractivity contribution is 5.73. The lowest BCUT2D eigenvalue weighted by Crippen LogP contribution is -2.14. The third-order valence-corrected chi connectivity index (χ3v) is 3.62. The van der Waals surface area contributed by atoms with Crippen LogP contribution < -0.4 is 0 Å². The van der Waals surface area contributed by atoms with Crippen molar-refractivity contribution in [1.29, 1.82) is 0 Å². The molecule has 0 aliphatic heterocycles. The maximum absolute atomic E-state index is 10.5. The van der Waals surface area contributed by atoms with E-state index in [0.29, 0.717) is 11.5 Å². The maximum Gasteiger partial charge on any atom is 0.153 e. The Bertz CT molecular complexity index is 339. The van der Waals surface area contributed by atoms with Gasteiger partial charge in [-0.15, -0.1) is 0 Å². The van der Waals surface area contributed by atoms with Gasteiger partial charge < -0.3 is 0 Å². The predicted octanol–water partition coefficient (Wildman–Crippen LogP) is 2.97. The molecule has 2 rings (SSSR count). The lowest BCUT2D eigenvalue weighted by atomic mass is 9.80. The minimum Gasteiger partial charge on any atom is -0.298 e. The van der Waals surface area contributed by atoms with Crippen LogP contribution in [0.15, 0.2) is 12.4 Å². The van der Waals surface area contributed by atoms with Crippen molar-refractivity contribution in [2.24, 2.45) is 5.92 Å². The second kappa shape index (κ2) is 5.19. The van der Waals surface area contributed by atoms with Crippen LogP contribution in [0.4, 0.5) is 0 Å². The SMILES string of the molecule is CCC1CCC(c2ncc(C=O)cn2)CC1. The molecular formula is C13H18N2O. The van der Waals surface area contributed by atoms with Gasteiger partial charge in [-0.1, -0.05) is 13.3 Å². The normalized spacial score (nSPS) is 25.3. The molecule has 3 nitrogen and oxygen atoms in total. The Morgan fingerprint density at radius 2 is 1.88 bits per heavy atom. The lowest BCUT2D eigenvalue weighted by molar-refractivity contribution is 0.112. The number of rotatable bonds is 3. The molecule has 0 saturated heterocycles. The number of aldehydes is 1. The summed E-state index contributed by atoms with van der Waals surface area (Å²) in [5, 5.41) is 0. The average molecular weight is 218 g/mol. The molecular weight excluding hydrogens is 200 g/mol. The van der Waals surface area contributed by atoms with Gasteiger partial charge in [0, 0.05) is 18.3 Å². The molecule has 86 valence electrons.